The van der Waals surface area contributed by atoms with Crippen molar-refractivity contribution in [2.45, 2.75) is 52.6 Å². The molecule has 0 radical (unpaired) electrons. The Hall–Kier alpha value is -2.68. The van der Waals surface area contributed by atoms with Crippen LogP contribution in [0.25, 0.3) is 11.4 Å². The number of aryl methyl sites for hydroxylation is 2. The van der Waals surface area contributed by atoms with E-state index < -0.39 is 0 Å². The van der Waals surface area contributed by atoms with E-state index in [4.69, 9.17) is 4.74 Å². The highest BCUT2D eigenvalue weighted by atomic mass is 16.5. The minimum Gasteiger partial charge on any atom is -0.489 e. The van der Waals surface area contributed by atoms with Crippen LogP contribution in [0.4, 0.5) is 0 Å². The molecule has 0 amide bonds. The summed E-state index contributed by atoms with van der Waals surface area (Å²) in [6, 6.07) is 16.7. The van der Waals surface area contributed by atoms with Gasteiger partial charge in [0.05, 0.1) is 0 Å². The van der Waals surface area contributed by atoms with Crippen molar-refractivity contribution in [2.24, 2.45) is 0 Å². The first-order valence-corrected chi connectivity index (χ1v) is 9.90. The molecule has 0 unspecified atom stereocenters. The van der Waals surface area contributed by atoms with E-state index in [1.807, 2.05) is 36.7 Å². The first-order valence-electron chi connectivity index (χ1n) is 9.90. The SMILES string of the molecule is CCCCc1ccc(COc2ccc(-c3ncc(CCC)cn3)cc2)cc1. The van der Waals surface area contributed by atoms with Crippen molar-refractivity contribution in [1.29, 1.82) is 0 Å². The van der Waals surface area contributed by atoms with Gasteiger partial charge >= 0.3 is 0 Å². The third kappa shape index (κ3) is 5.65. The molecular weight excluding hydrogens is 332 g/mol. The molecule has 27 heavy (non-hydrogen) atoms. The van der Waals surface area contributed by atoms with E-state index in [0.29, 0.717) is 6.61 Å². The number of unbranched alkanes of at least 4 members (excludes halogenated alkanes) is 1. The zero-order valence-electron chi connectivity index (χ0n) is 16.3. The van der Waals surface area contributed by atoms with Crippen LogP contribution in [0.1, 0.15) is 49.8 Å². The molecule has 0 saturated heterocycles. The van der Waals surface area contributed by atoms with E-state index in [1.165, 1.54) is 29.5 Å². The Labute approximate surface area is 162 Å². The summed E-state index contributed by atoms with van der Waals surface area (Å²) in [6.45, 7) is 4.96. The Bertz CT molecular complexity index is 809. The lowest BCUT2D eigenvalue weighted by Gasteiger charge is -2.08. The second-order valence-electron chi connectivity index (χ2n) is 6.90. The van der Waals surface area contributed by atoms with Gasteiger partial charge in [0, 0.05) is 18.0 Å². The van der Waals surface area contributed by atoms with Gasteiger partial charge in [0.15, 0.2) is 5.82 Å². The molecule has 3 rings (SSSR count). The lowest BCUT2D eigenvalue weighted by molar-refractivity contribution is 0.306. The maximum atomic E-state index is 5.91. The fourth-order valence-corrected chi connectivity index (χ4v) is 2.97. The van der Waals surface area contributed by atoms with Crippen molar-refractivity contribution >= 4 is 0 Å². The molecule has 0 bridgehead atoms. The van der Waals surface area contributed by atoms with Crippen LogP contribution in [0.15, 0.2) is 60.9 Å². The molecule has 3 nitrogen and oxygen atoms in total. The summed E-state index contributed by atoms with van der Waals surface area (Å²) in [7, 11) is 0. The number of aromatic nitrogens is 2. The molecular formula is C24H28N2O. The minimum atomic E-state index is 0.579. The number of benzene rings is 2. The highest BCUT2D eigenvalue weighted by Gasteiger charge is 2.03. The molecule has 1 heterocycles. The summed E-state index contributed by atoms with van der Waals surface area (Å²) in [5.74, 6) is 1.61. The summed E-state index contributed by atoms with van der Waals surface area (Å²) in [4.78, 5) is 8.94. The van der Waals surface area contributed by atoms with Gasteiger partial charge in [-0.1, -0.05) is 51.0 Å². The van der Waals surface area contributed by atoms with Gasteiger partial charge in [-0.3, -0.25) is 0 Å². The molecule has 0 spiro atoms. The number of nitrogens with zero attached hydrogens (tertiary/aromatic N) is 2. The molecule has 0 atom stereocenters. The van der Waals surface area contributed by atoms with Crippen molar-refractivity contribution in [3.63, 3.8) is 0 Å². The van der Waals surface area contributed by atoms with Crippen molar-refractivity contribution in [2.75, 3.05) is 0 Å². The van der Waals surface area contributed by atoms with Gasteiger partial charge in [0.1, 0.15) is 12.4 Å². The number of hydrogen-bond donors (Lipinski definition) is 0. The van der Waals surface area contributed by atoms with E-state index >= 15 is 0 Å². The molecule has 0 aliphatic carbocycles. The highest BCUT2D eigenvalue weighted by Crippen LogP contribution is 2.20. The standard InChI is InChI=1S/C24H28N2O/c1-3-5-7-19-8-10-20(11-9-19)18-27-23-14-12-22(13-15-23)24-25-16-21(6-4-2)17-26-24/h8-17H,3-7,18H2,1-2H3. The van der Waals surface area contributed by atoms with Crippen LogP contribution in [-0.2, 0) is 19.4 Å². The predicted octanol–water partition coefficient (Wildman–Crippen LogP) is 6.02. The third-order valence-electron chi connectivity index (χ3n) is 4.60. The Morgan fingerprint density at radius 1 is 0.704 bits per heavy atom. The molecule has 140 valence electrons. The number of rotatable bonds is 9. The van der Waals surface area contributed by atoms with Gasteiger partial charge in [-0.15, -0.1) is 0 Å². The second-order valence-corrected chi connectivity index (χ2v) is 6.90. The molecule has 1 aromatic heterocycles. The maximum Gasteiger partial charge on any atom is 0.159 e. The van der Waals surface area contributed by atoms with Gasteiger partial charge in [-0.05, 0) is 60.2 Å². The normalized spacial score (nSPS) is 10.7. The van der Waals surface area contributed by atoms with Gasteiger partial charge in [-0.2, -0.15) is 0 Å². The van der Waals surface area contributed by atoms with Crippen LogP contribution >= 0.6 is 0 Å². The number of hydrogen-bond acceptors (Lipinski definition) is 3. The van der Waals surface area contributed by atoms with Gasteiger partial charge in [0.25, 0.3) is 0 Å². The fraction of sp³-hybridized carbons (Fsp3) is 0.333. The van der Waals surface area contributed by atoms with Crippen LogP contribution in [0, 0.1) is 0 Å². The van der Waals surface area contributed by atoms with Gasteiger partial charge < -0.3 is 4.74 Å². The summed E-state index contributed by atoms with van der Waals surface area (Å²) in [5.41, 5.74) is 4.77. The summed E-state index contributed by atoms with van der Waals surface area (Å²) in [5, 5.41) is 0. The average Bonchev–Trinajstić information content (AvgIpc) is 2.73. The van der Waals surface area contributed by atoms with Crippen LogP contribution in [0.2, 0.25) is 0 Å². The number of ether oxygens (including phenoxy) is 1. The molecule has 3 heteroatoms. The lowest BCUT2D eigenvalue weighted by Crippen LogP contribution is -1.96. The van der Waals surface area contributed by atoms with Crippen LogP contribution < -0.4 is 4.74 Å². The quantitative estimate of drug-likeness (QED) is 0.468. The largest absolute Gasteiger partial charge is 0.489 e. The molecule has 0 saturated carbocycles. The predicted molar refractivity (Wildman–Crippen MR) is 111 cm³/mol. The highest BCUT2D eigenvalue weighted by molar-refractivity contribution is 5.55. The van der Waals surface area contributed by atoms with E-state index in [2.05, 4.69) is 48.1 Å². The summed E-state index contributed by atoms with van der Waals surface area (Å²) >= 11 is 0. The smallest absolute Gasteiger partial charge is 0.159 e. The van der Waals surface area contributed by atoms with E-state index in [9.17, 15) is 0 Å². The minimum absolute atomic E-state index is 0.579. The zero-order valence-corrected chi connectivity index (χ0v) is 16.3. The van der Waals surface area contributed by atoms with E-state index in [-0.39, 0.29) is 0 Å². The average molecular weight is 361 g/mol. The van der Waals surface area contributed by atoms with Gasteiger partial charge in [0.2, 0.25) is 0 Å². The Morgan fingerprint density at radius 2 is 1.37 bits per heavy atom. The summed E-state index contributed by atoms with van der Waals surface area (Å²) in [6.07, 6.45) is 9.59. The van der Waals surface area contributed by atoms with Crippen molar-refractivity contribution in [3.8, 4) is 17.1 Å². The third-order valence-corrected chi connectivity index (χ3v) is 4.60. The Morgan fingerprint density at radius 3 is 2.00 bits per heavy atom. The lowest BCUT2D eigenvalue weighted by atomic mass is 10.1. The van der Waals surface area contributed by atoms with Crippen LogP contribution in [-0.4, -0.2) is 9.97 Å². The van der Waals surface area contributed by atoms with Gasteiger partial charge in [-0.25, -0.2) is 9.97 Å². The zero-order chi connectivity index (χ0) is 18.9. The molecule has 0 N–H and O–H groups in total. The molecule has 2 aromatic carbocycles. The van der Waals surface area contributed by atoms with E-state index in [0.717, 1.165) is 36.4 Å². The molecule has 0 aliphatic heterocycles. The molecule has 0 aliphatic rings. The first kappa shape index (κ1) is 19.1. The van der Waals surface area contributed by atoms with Crippen molar-refractivity contribution < 1.29 is 4.74 Å². The van der Waals surface area contributed by atoms with E-state index in [1.54, 1.807) is 0 Å². The Balaban J connectivity index is 1.55. The maximum absolute atomic E-state index is 5.91. The topological polar surface area (TPSA) is 35.0 Å². The fourth-order valence-electron chi connectivity index (χ4n) is 2.97. The van der Waals surface area contributed by atoms with Crippen molar-refractivity contribution in [3.05, 3.63) is 77.6 Å². The van der Waals surface area contributed by atoms with Crippen LogP contribution in [0.3, 0.4) is 0 Å². The monoisotopic (exact) mass is 360 g/mol. The molecule has 0 fully saturated rings. The van der Waals surface area contributed by atoms with Crippen LogP contribution in [0.5, 0.6) is 5.75 Å². The first-order chi connectivity index (χ1) is 13.3. The van der Waals surface area contributed by atoms with Crippen molar-refractivity contribution in [1.82, 2.24) is 9.97 Å². The summed E-state index contributed by atoms with van der Waals surface area (Å²) < 4.78 is 5.91. The molecule has 3 aromatic rings. The second kappa shape index (κ2) is 9.86. The Kier molecular flexibility index (Phi) is 6.97.